The molecule has 1 fully saturated rings. The van der Waals surface area contributed by atoms with Gasteiger partial charge in [0.25, 0.3) is 0 Å². The first-order chi connectivity index (χ1) is 16.6. The van der Waals surface area contributed by atoms with Gasteiger partial charge in [-0.3, -0.25) is 0 Å². The van der Waals surface area contributed by atoms with E-state index in [-0.39, 0.29) is 17.4 Å². The third-order valence-corrected chi connectivity index (χ3v) is 7.06. The van der Waals surface area contributed by atoms with Crippen molar-refractivity contribution in [2.45, 2.75) is 24.5 Å². The van der Waals surface area contributed by atoms with Crippen molar-refractivity contribution < 1.29 is 21.9 Å². The summed E-state index contributed by atoms with van der Waals surface area (Å²) in [6, 6.07) is 9.00. The van der Waals surface area contributed by atoms with Crippen LogP contribution in [0.1, 0.15) is 29.9 Å². The summed E-state index contributed by atoms with van der Waals surface area (Å²) in [5, 5.41) is 4.06. The van der Waals surface area contributed by atoms with Crippen LogP contribution in [-0.4, -0.2) is 31.3 Å². The molecule has 6 nitrogen and oxygen atoms in total. The fraction of sp³-hybridized carbons (Fsp3) is 0.269. The lowest BCUT2D eigenvalue weighted by molar-refractivity contribution is 0.401. The smallest absolute Gasteiger partial charge is 0.238 e. The summed E-state index contributed by atoms with van der Waals surface area (Å²) < 4.78 is 59.9. The molecule has 2 heterocycles. The minimum Gasteiger partial charge on any atom is -0.479 e. The molecule has 0 amide bonds. The predicted octanol–water partition coefficient (Wildman–Crippen LogP) is 5.69. The van der Waals surface area contributed by atoms with Crippen molar-refractivity contribution in [3.8, 4) is 17.0 Å². The number of hydrogen-bond donors (Lipinski definition) is 1. The van der Waals surface area contributed by atoms with Crippen LogP contribution in [0.2, 0.25) is 0 Å². The monoisotopic (exact) mass is 497 g/mol. The number of fused-ring (bicyclic) bond motifs is 1. The Kier molecular flexibility index (Phi) is 5.75. The van der Waals surface area contributed by atoms with Gasteiger partial charge in [0.1, 0.15) is 17.2 Å². The van der Waals surface area contributed by atoms with Gasteiger partial charge in [-0.25, -0.2) is 22.2 Å². The van der Waals surface area contributed by atoms with Crippen molar-refractivity contribution in [3.05, 3.63) is 71.6 Å². The zero-order valence-corrected chi connectivity index (χ0v) is 20.4. The molecule has 0 spiro atoms. The number of aryl methyl sites for hydroxylation is 1. The van der Waals surface area contributed by atoms with E-state index in [0.29, 0.717) is 17.1 Å². The van der Waals surface area contributed by atoms with Gasteiger partial charge in [0, 0.05) is 48.3 Å². The SMILES string of the molecule is COc1nccc2c(-c3cc(CS(C)(=O)=O)cc(C4CC4)c3Nc3ccc(F)cc3F)cn(C)c12. The summed E-state index contributed by atoms with van der Waals surface area (Å²) in [5.41, 5.74) is 4.74. The second-order valence-electron chi connectivity index (χ2n) is 9.07. The number of nitrogens with zero attached hydrogens (tertiary/aromatic N) is 2. The summed E-state index contributed by atoms with van der Waals surface area (Å²) in [4.78, 5) is 4.30. The lowest BCUT2D eigenvalue weighted by Crippen LogP contribution is -2.05. The molecule has 0 atom stereocenters. The maximum Gasteiger partial charge on any atom is 0.238 e. The quantitative estimate of drug-likeness (QED) is 0.355. The maximum atomic E-state index is 14.7. The Morgan fingerprint density at radius 1 is 1.14 bits per heavy atom. The molecule has 4 aromatic rings. The van der Waals surface area contributed by atoms with Crippen LogP contribution in [0.5, 0.6) is 5.88 Å². The van der Waals surface area contributed by atoms with E-state index in [0.717, 1.165) is 46.5 Å². The van der Waals surface area contributed by atoms with Crippen molar-refractivity contribution in [2.24, 2.45) is 7.05 Å². The van der Waals surface area contributed by atoms with Gasteiger partial charge in [-0.15, -0.1) is 0 Å². The zero-order valence-electron chi connectivity index (χ0n) is 19.6. The van der Waals surface area contributed by atoms with Gasteiger partial charge in [-0.05, 0) is 54.2 Å². The van der Waals surface area contributed by atoms with E-state index in [9.17, 15) is 17.2 Å². The number of anilines is 2. The van der Waals surface area contributed by atoms with Gasteiger partial charge in [0.15, 0.2) is 9.84 Å². The lowest BCUT2D eigenvalue weighted by atomic mass is 9.94. The van der Waals surface area contributed by atoms with E-state index < -0.39 is 21.5 Å². The molecule has 5 rings (SSSR count). The van der Waals surface area contributed by atoms with E-state index in [1.807, 2.05) is 36.0 Å². The van der Waals surface area contributed by atoms with E-state index in [2.05, 4.69) is 10.3 Å². The number of methoxy groups -OCH3 is 1. The zero-order chi connectivity index (χ0) is 24.9. The van der Waals surface area contributed by atoms with Gasteiger partial charge in [-0.1, -0.05) is 6.07 Å². The van der Waals surface area contributed by atoms with Crippen molar-refractivity contribution in [1.29, 1.82) is 0 Å². The number of hydrogen-bond acceptors (Lipinski definition) is 5. The van der Waals surface area contributed by atoms with Crippen LogP contribution in [0.15, 0.2) is 48.8 Å². The largest absolute Gasteiger partial charge is 0.479 e. The van der Waals surface area contributed by atoms with Crippen molar-refractivity contribution >= 4 is 32.1 Å². The van der Waals surface area contributed by atoms with Gasteiger partial charge in [-0.2, -0.15) is 0 Å². The molecular formula is C26H25F2N3O3S. The highest BCUT2D eigenvalue weighted by atomic mass is 32.2. The average Bonchev–Trinajstić information content (AvgIpc) is 3.58. The molecule has 0 bridgehead atoms. The average molecular weight is 498 g/mol. The molecule has 2 aromatic carbocycles. The van der Waals surface area contributed by atoms with Crippen LogP contribution in [-0.2, 0) is 22.6 Å². The molecule has 0 unspecified atom stereocenters. The number of benzene rings is 2. The van der Waals surface area contributed by atoms with Gasteiger partial charge in [0.2, 0.25) is 5.88 Å². The van der Waals surface area contributed by atoms with Gasteiger partial charge >= 0.3 is 0 Å². The summed E-state index contributed by atoms with van der Waals surface area (Å²) >= 11 is 0. The molecule has 1 N–H and O–H groups in total. The minimum absolute atomic E-state index is 0.111. The third kappa shape index (κ3) is 4.60. The van der Waals surface area contributed by atoms with Crippen LogP contribution in [0.25, 0.3) is 22.0 Å². The van der Waals surface area contributed by atoms with Crippen molar-refractivity contribution in [2.75, 3.05) is 18.7 Å². The normalized spacial score (nSPS) is 13.9. The van der Waals surface area contributed by atoms with Gasteiger partial charge < -0.3 is 14.6 Å². The number of nitrogens with one attached hydrogen (secondary N) is 1. The number of rotatable bonds is 7. The van der Waals surface area contributed by atoms with Crippen LogP contribution in [0.4, 0.5) is 20.2 Å². The van der Waals surface area contributed by atoms with E-state index in [4.69, 9.17) is 4.74 Å². The van der Waals surface area contributed by atoms with E-state index >= 15 is 0 Å². The second kappa shape index (κ2) is 8.64. The van der Waals surface area contributed by atoms with Crippen LogP contribution in [0.3, 0.4) is 0 Å². The highest BCUT2D eigenvalue weighted by molar-refractivity contribution is 7.89. The Hall–Kier alpha value is -3.46. The van der Waals surface area contributed by atoms with Gasteiger partial charge in [0.05, 0.1) is 24.2 Å². The Bertz CT molecular complexity index is 1560. The summed E-state index contributed by atoms with van der Waals surface area (Å²) in [7, 11) is 0.146. The molecule has 1 aliphatic rings. The second-order valence-corrected chi connectivity index (χ2v) is 11.2. The Labute approximate surface area is 202 Å². The van der Waals surface area contributed by atoms with Crippen LogP contribution >= 0.6 is 0 Å². The maximum absolute atomic E-state index is 14.7. The molecule has 9 heteroatoms. The molecule has 1 aliphatic carbocycles. The number of ether oxygens (including phenoxy) is 1. The van der Waals surface area contributed by atoms with Crippen LogP contribution < -0.4 is 10.1 Å². The highest BCUT2D eigenvalue weighted by Crippen LogP contribution is 2.49. The topological polar surface area (TPSA) is 73.2 Å². The first kappa shape index (κ1) is 23.3. The third-order valence-electron chi connectivity index (χ3n) is 6.21. The molecule has 0 saturated heterocycles. The minimum atomic E-state index is -3.29. The fourth-order valence-electron chi connectivity index (χ4n) is 4.59. The highest BCUT2D eigenvalue weighted by Gasteiger charge is 2.30. The molecule has 2 aromatic heterocycles. The Morgan fingerprint density at radius 2 is 1.91 bits per heavy atom. The first-order valence-electron chi connectivity index (χ1n) is 11.2. The Morgan fingerprint density at radius 3 is 2.57 bits per heavy atom. The first-order valence-corrected chi connectivity index (χ1v) is 13.3. The molecule has 182 valence electrons. The fourth-order valence-corrected chi connectivity index (χ4v) is 5.36. The van der Waals surface area contributed by atoms with E-state index in [1.165, 1.54) is 18.4 Å². The number of sulfone groups is 1. The number of halogens is 2. The molecule has 1 saturated carbocycles. The standard InChI is InChI=1S/C26H25F2N3O3S/c1-31-13-21(18-8-9-29-26(34-2)25(18)31)20-11-15(14-35(3,32)33)10-19(16-4-5-16)24(20)30-23-7-6-17(27)12-22(23)28/h6-13,16,30H,4-5,14H2,1-3H3. The van der Waals surface area contributed by atoms with Crippen LogP contribution in [0, 0.1) is 11.6 Å². The summed E-state index contributed by atoms with van der Waals surface area (Å²) in [5.74, 6) is -0.786. The number of pyridine rings is 1. The summed E-state index contributed by atoms with van der Waals surface area (Å²) in [6.07, 6.45) is 6.69. The molecule has 35 heavy (non-hydrogen) atoms. The predicted molar refractivity (Wildman–Crippen MR) is 133 cm³/mol. The summed E-state index contributed by atoms with van der Waals surface area (Å²) in [6.45, 7) is 0. The number of aromatic nitrogens is 2. The molecular weight excluding hydrogens is 472 g/mol. The molecule has 0 radical (unpaired) electrons. The Balaban J connectivity index is 1.79. The van der Waals surface area contributed by atoms with Crippen molar-refractivity contribution in [1.82, 2.24) is 9.55 Å². The van der Waals surface area contributed by atoms with E-state index in [1.54, 1.807) is 13.3 Å². The lowest BCUT2D eigenvalue weighted by Gasteiger charge is -2.19. The van der Waals surface area contributed by atoms with Crippen molar-refractivity contribution in [3.63, 3.8) is 0 Å². The molecule has 0 aliphatic heterocycles.